The zero-order valence-electron chi connectivity index (χ0n) is 12.1. The molecule has 4 nitrogen and oxygen atoms in total. The second-order valence-electron chi connectivity index (χ2n) is 5.59. The highest BCUT2D eigenvalue weighted by Gasteiger charge is 2.16. The van der Waals surface area contributed by atoms with Gasteiger partial charge in [0.1, 0.15) is 17.2 Å². The SMILES string of the molecule is CC(CNC(=O)OC(C)(C)C)Nc1cc(F)cc(F)c1. The Balaban J connectivity index is 2.44. The zero-order valence-corrected chi connectivity index (χ0v) is 12.1. The quantitative estimate of drug-likeness (QED) is 0.893. The number of carbonyl (C=O) groups is 1. The molecule has 0 bridgehead atoms. The third-order valence-electron chi connectivity index (χ3n) is 2.23. The maximum Gasteiger partial charge on any atom is 0.407 e. The van der Waals surface area contributed by atoms with Gasteiger partial charge >= 0.3 is 6.09 Å². The van der Waals surface area contributed by atoms with Crippen molar-refractivity contribution in [2.75, 3.05) is 11.9 Å². The molecular weight excluding hydrogens is 266 g/mol. The van der Waals surface area contributed by atoms with E-state index in [2.05, 4.69) is 10.6 Å². The Morgan fingerprint density at radius 3 is 2.30 bits per heavy atom. The minimum absolute atomic E-state index is 0.205. The van der Waals surface area contributed by atoms with Gasteiger partial charge in [0.05, 0.1) is 0 Å². The van der Waals surface area contributed by atoms with Crippen LogP contribution >= 0.6 is 0 Å². The summed E-state index contributed by atoms with van der Waals surface area (Å²) < 4.78 is 31.1. The number of hydrogen-bond acceptors (Lipinski definition) is 3. The number of rotatable bonds is 4. The highest BCUT2D eigenvalue weighted by Crippen LogP contribution is 2.13. The summed E-state index contributed by atoms with van der Waals surface area (Å²) in [7, 11) is 0. The number of carbonyl (C=O) groups excluding carboxylic acids is 1. The summed E-state index contributed by atoms with van der Waals surface area (Å²) in [5, 5.41) is 5.47. The zero-order chi connectivity index (χ0) is 15.3. The maximum absolute atomic E-state index is 13.0. The van der Waals surface area contributed by atoms with Crippen molar-refractivity contribution in [3.05, 3.63) is 29.8 Å². The molecular formula is C14H20F2N2O2. The summed E-state index contributed by atoms with van der Waals surface area (Å²) >= 11 is 0. The van der Waals surface area contributed by atoms with Crippen molar-refractivity contribution in [2.24, 2.45) is 0 Å². The number of anilines is 1. The Morgan fingerprint density at radius 1 is 1.25 bits per heavy atom. The lowest BCUT2D eigenvalue weighted by Crippen LogP contribution is -2.38. The second kappa shape index (κ2) is 6.54. The van der Waals surface area contributed by atoms with Crippen LogP contribution in [-0.2, 0) is 4.74 Å². The molecule has 0 spiro atoms. The number of nitrogens with one attached hydrogen (secondary N) is 2. The van der Waals surface area contributed by atoms with Crippen molar-refractivity contribution in [3.63, 3.8) is 0 Å². The summed E-state index contributed by atoms with van der Waals surface area (Å²) in [5.41, 5.74) is -0.243. The number of alkyl carbamates (subject to hydrolysis) is 1. The largest absolute Gasteiger partial charge is 0.444 e. The van der Waals surface area contributed by atoms with Crippen LogP contribution in [0.5, 0.6) is 0 Å². The molecule has 2 N–H and O–H groups in total. The summed E-state index contributed by atoms with van der Waals surface area (Å²) in [6.07, 6.45) is -0.531. The first kappa shape index (κ1) is 16.2. The van der Waals surface area contributed by atoms with E-state index in [9.17, 15) is 13.6 Å². The number of halogens is 2. The molecule has 0 aliphatic rings. The number of benzene rings is 1. The van der Waals surface area contributed by atoms with Crippen molar-refractivity contribution in [1.82, 2.24) is 5.32 Å². The van der Waals surface area contributed by atoms with E-state index in [1.54, 1.807) is 27.7 Å². The molecule has 0 aromatic heterocycles. The third kappa shape index (κ3) is 6.36. The molecule has 1 aromatic carbocycles. The fourth-order valence-electron chi connectivity index (χ4n) is 1.52. The van der Waals surface area contributed by atoms with Gasteiger partial charge in [0.2, 0.25) is 0 Å². The first-order valence-corrected chi connectivity index (χ1v) is 6.35. The lowest BCUT2D eigenvalue weighted by molar-refractivity contribution is 0.0526. The summed E-state index contributed by atoms with van der Waals surface area (Å²) in [6.45, 7) is 7.35. The second-order valence-corrected chi connectivity index (χ2v) is 5.59. The highest BCUT2D eigenvalue weighted by molar-refractivity contribution is 5.67. The summed E-state index contributed by atoms with van der Waals surface area (Å²) in [5.74, 6) is -1.31. The molecule has 1 rings (SSSR count). The molecule has 0 radical (unpaired) electrons. The number of hydrogen-bond donors (Lipinski definition) is 2. The van der Waals surface area contributed by atoms with Gasteiger partial charge in [0.15, 0.2) is 0 Å². The van der Waals surface area contributed by atoms with Crippen molar-refractivity contribution in [3.8, 4) is 0 Å². The molecule has 0 aliphatic carbocycles. The van der Waals surface area contributed by atoms with E-state index in [1.165, 1.54) is 12.1 Å². The summed E-state index contributed by atoms with van der Waals surface area (Å²) in [4.78, 5) is 11.4. The molecule has 1 atom stereocenters. The van der Waals surface area contributed by atoms with Crippen molar-refractivity contribution < 1.29 is 18.3 Å². The van der Waals surface area contributed by atoms with Gasteiger partial charge in [-0.05, 0) is 39.8 Å². The van der Waals surface area contributed by atoms with Crippen LogP contribution in [0.1, 0.15) is 27.7 Å². The van der Waals surface area contributed by atoms with Gasteiger partial charge in [-0.25, -0.2) is 13.6 Å². The molecule has 0 heterocycles. The molecule has 0 saturated heterocycles. The lowest BCUT2D eigenvalue weighted by Gasteiger charge is -2.21. The Morgan fingerprint density at radius 2 is 1.80 bits per heavy atom. The van der Waals surface area contributed by atoms with Crippen molar-refractivity contribution in [1.29, 1.82) is 0 Å². The molecule has 112 valence electrons. The Hall–Kier alpha value is -1.85. The van der Waals surface area contributed by atoms with Gasteiger partial charge < -0.3 is 15.4 Å². The third-order valence-corrected chi connectivity index (χ3v) is 2.23. The van der Waals surface area contributed by atoms with Crippen molar-refractivity contribution in [2.45, 2.75) is 39.3 Å². The predicted octanol–water partition coefficient (Wildman–Crippen LogP) is 3.29. The molecule has 1 aromatic rings. The van der Waals surface area contributed by atoms with E-state index >= 15 is 0 Å². The van der Waals surface area contributed by atoms with Gasteiger partial charge in [0, 0.05) is 24.3 Å². The number of ether oxygens (including phenoxy) is 1. The molecule has 1 amide bonds. The average molecular weight is 286 g/mol. The Labute approximate surface area is 117 Å². The van der Waals surface area contributed by atoms with Crippen LogP contribution in [-0.4, -0.2) is 24.3 Å². The van der Waals surface area contributed by atoms with E-state index < -0.39 is 23.3 Å². The van der Waals surface area contributed by atoms with Gasteiger partial charge in [-0.1, -0.05) is 0 Å². The number of amides is 1. The minimum Gasteiger partial charge on any atom is -0.444 e. The average Bonchev–Trinajstić information content (AvgIpc) is 2.22. The van der Waals surface area contributed by atoms with Crippen LogP contribution in [0.25, 0.3) is 0 Å². The van der Waals surface area contributed by atoms with Gasteiger partial charge in [-0.2, -0.15) is 0 Å². The highest BCUT2D eigenvalue weighted by atomic mass is 19.1. The minimum atomic E-state index is -0.653. The van der Waals surface area contributed by atoms with E-state index in [0.717, 1.165) is 6.07 Å². The molecule has 0 saturated carbocycles. The van der Waals surface area contributed by atoms with Gasteiger partial charge in [-0.15, -0.1) is 0 Å². The van der Waals surface area contributed by atoms with Crippen LogP contribution in [0.15, 0.2) is 18.2 Å². The topological polar surface area (TPSA) is 50.4 Å². The molecule has 20 heavy (non-hydrogen) atoms. The first-order chi connectivity index (χ1) is 9.15. The normalized spacial score (nSPS) is 12.7. The molecule has 0 fully saturated rings. The van der Waals surface area contributed by atoms with Crippen LogP contribution in [0.4, 0.5) is 19.3 Å². The van der Waals surface area contributed by atoms with Crippen LogP contribution < -0.4 is 10.6 Å². The molecule has 6 heteroatoms. The van der Waals surface area contributed by atoms with Gasteiger partial charge in [-0.3, -0.25) is 0 Å². The van der Waals surface area contributed by atoms with Crippen molar-refractivity contribution >= 4 is 11.8 Å². The Bertz CT molecular complexity index is 452. The molecule has 0 aliphatic heterocycles. The fourth-order valence-corrected chi connectivity index (χ4v) is 1.52. The van der Waals surface area contributed by atoms with E-state index in [1.807, 2.05) is 0 Å². The smallest absolute Gasteiger partial charge is 0.407 e. The van der Waals surface area contributed by atoms with E-state index in [-0.39, 0.29) is 12.6 Å². The predicted molar refractivity (Wildman–Crippen MR) is 73.7 cm³/mol. The Kier molecular flexibility index (Phi) is 5.30. The van der Waals surface area contributed by atoms with Gasteiger partial charge in [0.25, 0.3) is 0 Å². The van der Waals surface area contributed by atoms with Crippen LogP contribution in [0.3, 0.4) is 0 Å². The standard InChI is InChI=1S/C14H20F2N2O2/c1-9(8-17-13(19)20-14(2,3)4)18-12-6-10(15)5-11(16)7-12/h5-7,9,18H,8H2,1-4H3,(H,17,19). The van der Waals surface area contributed by atoms with Crippen LogP contribution in [0.2, 0.25) is 0 Å². The first-order valence-electron chi connectivity index (χ1n) is 6.35. The van der Waals surface area contributed by atoms with E-state index in [0.29, 0.717) is 5.69 Å². The fraction of sp³-hybridized carbons (Fsp3) is 0.500. The van der Waals surface area contributed by atoms with E-state index in [4.69, 9.17) is 4.74 Å². The lowest BCUT2D eigenvalue weighted by atomic mass is 10.2. The monoisotopic (exact) mass is 286 g/mol. The summed E-state index contributed by atoms with van der Waals surface area (Å²) in [6, 6.07) is 2.97. The molecule has 1 unspecified atom stereocenters. The van der Waals surface area contributed by atoms with Crippen LogP contribution in [0, 0.1) is 11.6 Å². The maximum atomic E-state index is 13.0.